The van der Waals surface area contributed by atoms with Crippen molar-refractivity contribution in [2.45, 2.75) is 4.90 Å². The number of nitrogens with one attached hydrogen (secondary N) is 2. The van der Waals surface area contributed by atoms with Gasteiger partial charge in [0.1, 0.15) is 0 Å². The zero-order chi connectivity index (χ0) is 15.2. The molecular formula is C12H16N2O5S. The van der Waals surface area contributed by atoms with Crippen LogP contribution in [0.1, 0.15) is 10.4 Å². The van der Waals surface area contributed by atoms with Crippen LogP contribution >= 0.6 is 0 Å². The molecule has 0 saturated heterocycles. The highest BCUT2D eigenvalue weighted by atomic mass is 32.2. The van der Waals surface area contributed by atoms with Gasteiger partial charge in [0.15, 0.2) is 0 Å². The van der Waals surface area contributed by atoms with Crippen molar-refractivity contribution < 1.29 is 23.4 Å². The molecule has 0 radical (unpaired) electrons. The lowest BCUT2D eigenvalue weighted by molar-refractivity contribution is 0.0697. The summed E-state index contributed by atoms with van der Waals surface area (Å²) in [6, 6.07) is 3.70. The molecule has 20 heavy (non-hydrogen) atoms. The average Bonchev–Trinajstić information content (AvgIpc) is 2.42. The number of aliphatic hydroxyl groups is 1. The summed E-state index contributed by atoms with van der Waals surface area (Å²) in [6.45, 7) is 3.45. The quantitative estimate of drug-likeness (QED) is 0.512. The Balaban J connectivity index is 3.16. The summed E-state index contributed by atoms with van der Waals surface area (Å²) in [5.74, 6) is -1.26. The zero-order valence-electron chi connectivity index (χ0n) is 10.7. The number of rotatable bonds is 8. The number of aromatic carboxylic acids is 1. The molecule has 0 unspecified atom stereocenters. The molecule has 0 saturated carbocycles. The van der Waals surface area contributed by atoms with Crippen LogP contribution in [0, 0.1) is 0 Å². The summed E-state index contributed by atoms with van der Waals surface area (Å²) in [7, 11) is -3.78. The first-order chi connectivity index (χ1) is 9.42. The van der Waals surface area contributed by atoms with Crippen LogP contribution in [-0.4, -0.2) is 44.3 Å². The molecule has 4 N–H and O–H groups in total. The number of carboxylic acids is 1. The first kappa shape index (κ1) is 16.2. The molecule has 0 heterocycles. The van der Waals surface area contributed by atoms with Crippen LogP contribution in [0.2, 0.25) is 0 Å². The van der Waals surface area contributed by atoms with Crippen LogP contribution in [0.25, 0.3) is 0 Å². The largest absolute Gasteiger partial charge is 0.478 e. The topological polar surface area (TPSA) is 116 Å². The highest BCUT2D eigenvalue weighted by Gasteiger charge is 2.18. The van der Waals surface area contributed by atoms with Gasteiger partial charge in [0.25, 0.3) is 0 Å². The van der Waals surface area contributed by atoms with Crippen LogP contribution in [0.15, 0.2) is 35.7 Å². The molecule has 0 atom stereocenters. The number of anilines is 1. The molecule has 7 nitrogen and oxygen atoms in total. The molecule has 1 rings (SSSR count). The van der Waals surface area contributed by atoms with Crippen LogP contribution in [-0.2, 0) is 10.0 Å². The lowest BCUT2D eigenvalue weighted by Gasteiger charge is -2.11. The smallest absolute Gasteiger partial charge is 0.337 e. The minimum absolute atomic E-state index is 0.0508. The van der Waals surface area contributed by atoms with E-state index in [9.17, 15) is 13.2 Å². The Morgan fingerprint density at radius 2 is 2.10 bits per heavy atom. The molecule has 1 aromatic carbocycles. The monoisotopic (exact) mass is 300 g/mol. The van der Waals surface area contributed by atoms with Gasteiger partial charge in [0, 0.05) is 18.8 Å². The molecule has 0 amide bonds. The average molecular weight is 300 g/mol. The first-order valence-corrected chi connectivity index (χ1v) is 7.23. The maximum atomic E-state index is 11.9. The van der Waals surface area contributed by atoms with E-state index in [2.05, 4.69) is 16.6 Å². The summed E-state index contributed by atoms with van der Waals surface area (Å²) >= 11 is 0. The number of benzene rings is 1. The van der Waals surface area contributed by atoms with Gasteiger partial charge in [-0.05, 0) is 18.2 Å². The van der Waals surface area contributed by atoms with Gasteiger partial charge in [-0.1, -0.05) is 6.08 Å². The van der Waals surface area contributed by atoms with Crippen molar-refractivity contribution in [1.29, 1.82) is 0 Å². The Morgan fingerprint density at radius 3 is 2.65 bits per heavy atom. The van der Waals surface area contributed by atoms with Gasteiger partial charge in [-0.25, -0.2) is 17.9 Å². The van der Waals surface area contributed by atoms with E-state index < -0.39 is 16.0 Å². The molecule has 0 aromatic heterocycles. The van der Waals surface area contributed by atoms with E-state index in [1.165, 1.54) is 18.2 Å². The van der Waals surface area contributed by atoms with Gasteiger partial charge in [0.2, 0.25) is 10.0 Å². The Hall–Kier alpha value is -1.90. The standard InChI is InChI=1S/C12H16N2O5S/c1-2-5-14-20(18,19)9-3-4-11(13-6-7-15)10(8-9)12(16)17/h2-4,8,13-15H,1,5-7H2,(H,16,17). The lowest BCUT2D eigenvalue weighted by Crippen LogP contribution is -2.24. The number of aliphatic hydroxyl groups excluding tert-OH is 1. The minimum Gasteiger partial charge on any atom is -0.478 e. The minimum atomic E-state index is -3.78. The maximum absolute atomic E-state index is 11.9. The normalized spacial score (nSPS) is 11.1. The number of hydrogen-bond donors (Lipinski definition) is 4. The lowest BCUT2D eigenvalue weighted by atomic mass is 10.2. The van der Waals surface area contributed by atoms with Gasteiger partial charge in [-0.3, -0.25) is 0 Å². The number of sulfonamides is 1. The Kier molecular flexibility index (Phi) is 5.68. The summed E-state index contributed by atoms with van der Waals surface area (Å²) in [4.78, 5) is 11.0. The third kappa shape index (κ3) is 4.05. The summed E-state index contributed by atoms with van der Waals surface area (Å²) in [6.07, 6.45) is 1.38. The predicted octanol–water partition coefficient (Wildman–Crippen LogP) is 0.253. The summed E-state index contributed by atoms with van der Waals surface area (Å²) in [5, 5.41) is 20.5. The van der Waals surface area contributed by atoms with Crippen molar-refractivity contribution in [1.82, 2.24) is 4.72 Å². The molecule has 0 spiro atoms. The SMILES string of the molecule is C=CCNS(=O)(=O)c1ccc(NCCO)c(C(=O)O)c1. The molecule has 1 aromatic rings. The van der Waals surface area contributed by atoms with Crippen molar-refractivity contribution in [3.8, 4) is 0 Å². The fraction of sp³-hybridized carbons (Fsp3) is 0.250. The van der Waals surface area contributed by atoms with E-state index in [1.54, 1.807) is 0 Å². The van der Waals surface area contributed by atoms with E-state index in [-0.39, 0.29) is 35.8 Å². The number of carboxylic acid groups (broad SMARTS) is 1. The van der Waals surface area contributed by atoms with Crippen molar-refractivity contribution >= 4 is 21.7 Å². The second-order valence-electron chi connectivity index (χ2n) is 3.80. The Labute approximate surface area is 117 Å². The maximum Gasteiger partial charge on any atom is 0.337 e. The highest BCUT2D eigenvalue weighted by Crippen LogP contribution is 2.20. The van der Waals surface area contributed by atoms with E-state index in [0.717, 1.165) is 6.07 Å². The van der Waals surface area contributed by atoms with Crippen molar-refractivity contribution in [3.63, 3.8) is 0 Å². The molecule has 0 aliphatic rings. The van der Waals surface area contributed by atoms with Crippen molar-refractivity contribution in [2.75, 3.05) is 25.0 Å². The third-order valence-electron chi connectivity index (χ3n) is 2.38. The summed E-state index contributed by atoms with van der Waals surface area (Å²) in [5.41, 5.74) is 0.0640. The van der Waals surface area contributed by atoms with Crippen molar-refractivity contribution in [2.24, 2.45) is 0 Å². The second-order valence-corrected chi connectivity index (χ2v) is 5.57. The van der Waals surface area contributed by atoms with Crippen LogP contribution in [0.3, 0.4) is 0 Å². The van der Waals surface area contributed by atoms with E-state index in [4.69, 9.17) is 10.2 Å². The van der Waals surface area contributed by atoms with Gasteiger partial charge in [-0.15, -0.1) is 6.58 Å². The Morgan fingerprint density at radius 1 is 1.40 bits per heavy atom. The Bertz CT molecular complexity index is 598. The molecule has 0 aliphatic carbocycles. The fourth-order valence-electron chi connectivity index (χ4n) is 1.46. The summed E-state index contributed by atoms with van der Waals surface area (Å²) < 4.78 is 26.0. The molecule has 0 aliphatic heterocycles. The van der Waals surface area contributed by atoms with E-state index in [0.29, 0.717) is 0 Å². The molecule has 8 heteroatoms. The van der Waals surface area contributed by atoms with Gasteiger partial charge < -0.3 is 15.5 Å². The number of carbonyl (C=O) groups is 1. The first-order valence-electron chi connectivity index (χ1n) is 5.75. The van der Waals surface area contributed by atoms with Gasteiger partial charge in [-0.2, -0.15) is 0 Å². The third-order valence-corrected chi connectivity index (χ3v) is 3.80. The van der Waals surface area contributed by atoms with Crippen LogP contribution < -0.4 is 10.0 Å². The number of hydrogen-bond acceptors (Lipinski definition) is 5. The van der Waals surface area contributed by atoms with Gasteiger partial charge in [0.05, 0.1) is 17.1 Å². The van der Waals surface area contributed by atoms with Crippen LogP contribution in [0.4, 0.5) is 5.69 Å². The predicted molar refractivity (Wildman–Crippen MR) is 74.4 cm³/mol. The highest BCUT2D eigenvalue weighted by molar-refractivity contribution is 7.89. The molecule has 0 bridgehead atoms. The molecular weight excluding hydrogens is 284 g/mol. The van der Waals surface area contributed by atoms with E-state index in [1.807, 2.05) is 0 Å². The molecule has 110 valence electrons. The van der Waals surface area contributed by atoms with Crippen molar-refractivity contribution in [3.05, 3.63) is 36.4 Å². The van der Waals surface area contributed by atoms with Crippen LogP contribution in [0.5, 0.6) is 0 Å². The molecule has 0 fully saturated rings. The fourth-order valence-corrected chi connectivity index (χ4v) is 2.49. The second kappa shape index (κ2) is 7.04. The van der Waals surface area contributed by atoms with E-state index >= 15 is 0 Å². The zero-order valence-corrected chi connectivity index (χ0v) is 11.5. The van der Waals surface area contributed by atoms with Gasteiger partial charge >= 0.3 is 5.97 Å².